The lowest BCUT2D eigenvalue weighted by molar-refractivity contribution is 0.852. The van der Waals surface area contributed by atoms with Gasteiger partial charge in [0.2, 0.25) is 0 Å². The van der Waals surface area contributed by atoms with E-state index in [4.69, 9.17) is 34.8 Å². The second kappa shape index (κ2) is 4.64. The Balaban J connectivity index is 2.68. The topological polar surface area (TPSA) is 49.8 Å². The first kappa shape index (κ1) is 12.4. The smallest absolute Gasteiger partial charge is 0.273 e. The van der Waals surface area contributed by atoms with Gasteiger partial charge in [-0.3, -0.25) is 9.89 Å². The van der Waals surface area contributed by atoms with E-state index in [0.717, 1.165) is 0 Å². The zero-order valence-corrected chi connectivity index (χ0v) is 11.0. The minimum absolute atomic E-state index is 0.263. The number of nitrogens with zero attached hydrogens (tertiary/aromatic N) is 1. The summed E-state index contributed by atoms with van der Waals surface area (Å²) in [6.45, 7) is 0. The van der Waals surface area contributed by atoms with E-state index in [1.165, 1.54) is 22.9 Å². The van der Waals surface area contributed by atoms with Crippen LogP contribution in [0.4, 0.5) is 5.82 Å². The van der Waals surface area contributed by atoms with Gasteiger partial charge in [-0.05, 0) is 12.1 Å². The normalized spacial score (nSPS) is 10.6. The molecule has 0 aliphatic heterocycles. The number of H-pyrrole nitrogens is 1. The number of aromatic amines is 1. The number of hydrogen-bond acceptors (Lipinski definition) is 2. The van der Waals surface area contributed by atoms with Crippen LogP contribution in [0, 0.1) is 0 Å². The summed E-state index contributed by atoms with van der Waals surface area (Å²) in [5.74, 6) is 0.567. The van der Waals surface area contributed by atoms with Crippen molar-refractivity contribution in [3.63, 3.8) is 0 Å². The van der Waals surface area contributed by atoms with E-state index in [1.54, 1.807) is 7.05 Å². The fourth-order valence-corrected chi connectivity index (χ4v) is 2.42. The van der Waals surface area contributed by atoms with E-state index in [0.29, 0.717) is 26.6 Å². The molecule has 90 valence electrons. The Labute approximate surface area is 112 Å². The maximum absolute atomic E-state index is 11.7. The van der Waals surface area contributed by atoms with Crippen molar-refractivity contribution in [3.05, 3.63) is 43.6 Å². The summed E-state index contributed by atoms with van der Waals surface area (Å²) in [6.07, 6.45) is 0. The van der Waals surface area contributed by atoms with Crippen LogP contribution in [-0.4, -0.2) is 16.8 Å². The fraction of sp³-hybridized carbons (Fsp3) is 0.100. The molecule has 0 spiro atoms. The summed E-state index contributed by atoms with van der Waals surface area (Å²) in [6, 6.07) is 4.45. The molecule has 1 aromatic heterocycles. The summed E-state index contributed by atoms with van der Waals surface area (Å²) in [4.78, 5) is 11.7. The molecule has 2 aromatic rings. The molecule has 0 radical (unpaired) electrons. The van der Waals surface area contributed by atoms with Gasteiger partial charge in [0.1, 0.15) is 11.5 Å². The van der Waals surface area contributed by atoms with Gasteiger partial charge in [-0.15, -0.1) is 0 Å². The maximum atomic E-state index is 11.7. The van der Waals surface area contributed by atoms with Crippen LogP contribution in [0.5, 0.6) is 0 Å². The van der Waals surface area contributed by atoms with Gasteiger partial charge >= 0.3 is 0 Å². The average Bonchev–Trinajstić information content (AvgIpc) is 2.59. The highest BCUT2D eigenvalue weighted by atomic mass is 35.5. The second-order valence-corrected chi connectivity index (χ2v) is 4.56. The van der Waals surface area contributed by atoms with E-state index >= 15 is 0 Å². The van der Waals surface area contributed by atoms with E-state index in [9.17, 15) is 4.79 Å². The largest absolute Gasteiger partial charge is 0.373 e. The van der Waals surface area contributed by atoms with E-state index in [1.807, 2.05) is 0 Å². The first-order valence-corrected chi connectivity index (χ1v) is 5.81. The average molecular weight is 293 g/mol. The van der Waals surface area contributed by atoms with Gasteiger partial charge in [-0.1, -0.05) is 34.8 Å². The minimum Gasteiger partial charge on any atom is -0.373 e. The zero-order chi connectivity index (χ0) is 12.6. The van der Waals surface area contributed by atoms with Crippen molar-refractivity contribution < 1.29 is 0 Å². The standard InChI is InChI=1S/C10H8Cl3N3O/c1-14-8-4-9(17)16(15-8)10-6(12)2-5(11)3-7(10)13/h2-4,14-15H,1H3. The number of nitrogens with one attached hydrogen (secondary N) is 2. The molecule has 0 fully saturated rings. The van der Waals surface area contributed by atoms with Crippen molar-refractivity contribution in [2.24, 2.45) is 0 Å². The molecule has 2 rings (SSSR count). The number of aromatic nitrogens is 2. The molecule has 0 aliphatic rings. The predicted octanol–water partition coefficient (Wildman–Crippen LogP) is 3.17. The Morgan fingerprint density at radius 3 is 2.24 bits per heavy atom. The summed E-state index contributed by atoms with van der Waals surface area (Å²) >= 11 is 17.9. The molecule has 1 heterocycles. The maximum Gasteiger partial charge on any atom is 0.273 e. The summed E-state index contributed by atoms with van der Waals surface area (Å²) in [5, 5.41) is 6.66. The van der Waals surface area contributed by atoms with Gasteiger partial charge in [0.05, 0.1) is 10.0 Å². The Morgan fingerprint density at radius 2 is 1.76 bits per heavy atom. The van der Waals surface area contributed by atoms with Crippen LogP contribution >= 0.6 is 34.8 Å². The first-order valence-electron chi connectivity index (χ1n) is 4.67. The van der Waals surface area contributed by atoms with Crippen LogP contribution in [0.25, 0.3) is 5.69 Å². The second-order valence-electron chi connectivity index (χ2n) is 3.31. The van der Waals surface area contributed by atoms with Crippen molar-refractivity contribution in [3.8, 4) is 5.69 Å². The molecule has 0 aliphatic carbocycles. The van der Waals surface area contributed by atoms with Crippen LogP contribution in [-0.2, 0) is 0 Å². The van der Waals surface area contributed by atoms with Gasteiger partial charge < -0.3 is 5.32 Å². The highest BCUT2D eigenvalue weighted by Crippen LogP contribution is 2.31. The molecule has 4 nitrogen and oxygen atoms in total. The highest BCUT2D eigenvalue weighted by Gasteiger charge is 2.13. The van der Waals surface area contributed by atoms with Crippen LogP contribution in [0.1, 0.15) is 0 Å². The Hall–Kier alpha value is -1.10. The zero-order valence-electron chi connectivity index (χ0n) is 8.72. The Bertz CT molecular complexity index is 594. The third kappa shape index (κ3) is 2.29. The summed E-state index contributed by atoms with van der Waals surface area (Å²) in [5.41, 5.74) is 0.115. The molecule has 0 bridgehead atoms. The first-order chi connectivity index (χ1) is 8.02. The van der Waals surface area contributed by atoms with Crippen molar-refractivity contribution in [2.45, 2.75) is 0 Å². The van der Waals surface area contributed by atoms with Crippen LogP contribution in [0.15, 0.2) is 23.0 Å². The molecular weight excluding hydrogens is 284 g/mol. The lowest BCUT2D eigenvalue weighted by Gasteiger charge is -2.07. The molecule has 0 saturated heterocycles. The highest BCUT2D eigenvalue weighted by molar-refractivity contribution is 6.40. The molecule has 0 amide bonds. The van der Waals surface area contributed by atoms with E-state index in [2.05, 4.69) is 10.4 Å². The molecule has 2 N–H and O–H groups in total. The third-order valence-corrected chi connectivity index (χ3v) is 2.99. The summed E-state index contributed by atoms with van der Waals surface area (Å²) in [7, 11) is 1.70. The van der Waals surface area contributed by atoms with Gasteiger partial charge in [0.15, 0.2) is 0 Å². The number of hydrogen-bond donors (Lipinski definition) is 2. The van der Waals surface area contributed by atoms with Crippen molar-refractivity contribution >= 4 is 40.6 Å². The Kier molecular flexibility index (Phi) is 3.38. The monoisotopic (exact) mass is 291 g/mol. The SMILES string of the molecule is CNc1cc(=O)n(-c2c(Cl)cc(Cl)cc2Cl)[nH]1. The number of halogens is 3. The lowest BCUT2D eigenvalue weighted by Crippen LogP contribution is -2.14. The number of rotatable bonds is 2. The van der Waals surface area contributed by atoms with Crippen molar-refractivity contribution in [1.82, 2.24) is 9.78 Å². The third-order valence-electron chi connectivity index (χ3n) is 2.20. The van der Waals surface area contributed by atoms with Crippen molar-refractivity contribution in [1.29, 1.82) is 0 Å². The fourth-order valence-electron chi connectivity index (χ4n) is 1.44. The lowest BCUT2D eigenvalue weighted by atomic mass is 10.3. The van der Waals surface area contributed by atoms with Gasteiger partial charge in [-0.25, -0.2) is 4.68 Å². The van der Waals surface area contributed by atoms with E-state index in [-0.39, 0.29) is 5.56 Å². The quantitative estimate of drug-likeness (QED) is 0.893. The predicted molar refractivity (Wildman–Crippen MR) is 71.0 cm³/mol. The molecule has 7 heteroatoms. The van der Waals surface area contributed by atoms with E-state index < -0.39 is 0 Å². The molecule has 17 heavy (non-hydrogen) atoms. The number of benzene rings is 1. The van der Waals surface area contributed by atoms with Crippen LogP contribution in [0.2, 0.25) is 15.1 Å². The Morgan fingerprint density at radius 1 is 1.18 bits per heavy atom. The summed E-state index contributed by atoms with van der Waals surface area (Å²) < 4.78 is 1.26. The van der Waals surface area contributed by atoms with Crippen LogP contribution in [0.3, 0.4) is 0 Å². The minimum atomic E-state index is -0.263. The van der Waals surface area contributed by atoms with Crippen LogP contribution < -0.4 is 10.9 Å². The molecular formula is C10H8Cl3N3O. The molecule has 0 atom stereocenters. The number of anilines is 1. The molecule has 1 aromatic carbocycles. The van der Waals surface area contributed by atoms with Gasteiger partial charge in [0.25, 0.3) is 5.56 Å². The van der Waals surface area contributed by atoms with Gasteiger partial charge in [-0.2, -0.15) is 0 Å². The molecule has 0 saturated carbocycles. The van der Waals surface area contributed by atoms with Crippen molar-refractivity contribution in [2.75, 3.05) is 12.4 Å². The van der Waals surface area contributed by atoms with Gasteiger partial charge in [0, 0.05) is 18.1 Å². The molecule has 0 unspecified atom stereocenters.